The van der Waals surface area contributed by atoms with E-state index < -0.39 is 24.0 Å². The van der Waals surface area contributed by atoms with Gasteiger partial charge >= 0.3 is 5.97 Å². The molecular formula is C29H35FN2O5. The predicted octanol–water partition coefficient (Wildman–Crippen LogP) is 4.18. The monoisotopic (exact) mass is 510 g/mol. The van der Waals surface area contributed by atoms with E-state index in [9.17, 15) is 19.1 Å². The molecule has 2 heterocycles. The number of aromatic nitrogens is 1. The van der Waals surface area contributed by atoms with E-state index >= 15 is 0 Å². The summed E-state index contributed by atoms with van der Waals surface area (Å²) in [6, 6.07) is 7.57. The van der Waals surface area contributed by atoms with Gasteiger partial charge in [-0.1, -0.05) is 6.07 Å². The van der Waals surface area contributed by atoms with E-state index in [-0.39, 0.29) is 24.9 Å². The number of benzene rings is 1. The summed E-state index contributed by atoms with van der Waals surface area (Å²) in [4.78, 5) is 29.2. The third-order valence-electron chi connectivity index (χ3n) is 7.87. The molecule has 3 aliphatic rings. The Labute approximate surface area is 216 Å². The molecule has 8 heteroatoms. The van der Waals surface area contributed by atoms with Gasteiger partial charge in [0.05, 0.1) is 6.10 Å². The van der Waals surface area contributed by atoms with Crippen molar-refractivity contribution in [3.05, 3.63) is 58.7 Å². The molecule has 37 heavy (non-hydrogen) atoms. The molecule has 1 saturated carbocycles. The van der Waals surface area contributed by atoms with Crippen LogP contribution in [0.25, 0.3) is 0 Å². The molecule has 7 nitrogen and oxygen atoms in total. The number of hydrogen-bond acceptors (Lipinski definition) is 5. The van der Waals surface area contributed by atoms with Crippen molar-refractivity contribution < 1.29 is 28.6 Å². The van der Waals surface area contributed by atoms with Gasteiger partial charge in [0.15, 0.2) is 6.10 Å². The Bertz CT molecular complexity index is 1130. The van der Waals surface area contributed by atoms with E-state index in [1.54, 1.807) is 0 Å². The van der Waals surface area contributed by atoms with E-state index in [4.69, 9.17) is 14.5 Å². The van der Waals surface area contributed by atoms with Crippen LogP contribution in [-0.2, 0) is 40.0 Å². The summed E-state index contributed by atoms with van der Waals surface area (Å²) in [5.74, 6) is -0.843. The molecule has 1 aliphatic heterocycles. The lowest BCUT2D eigenvalue weighted by molar-refractivity contribution is -0.144. The molecule has 5 rings (SSSR count). The van der Waals surface area contributed by atoms with Crippen LogP contribution in [0.1, 0.15) is 67.5 Å². The van der Waals surface area contributed by atoms with E-state index in [1.165, 1.54) is 48.0 Å². The van der Waals surface area contributed by atoms with Crippen LogP contribution in [0.15, 0.2) is 30.3 Å². The number of pyridine rings is 1. The highest BCUT2D eigenvalue weighted by atomic mass is 19.1. The molecule has 0 spiro atoms. The molecular weight excluding hydrogens is 475 g/mol. The Morgan fingerprint density at radius 2 is 1.97 bits per heavy atom. The number of fused-ring (bicyclic) bond motifs is 2. The highest BCUT2D eigenvalue weighted by Crippen LogP contribution is 2.34. The first-order chi connectivity index (χ1) is 17.9. The van der Waals surface area contributed by atoms with Crippen LogP contribution in [0.4, 0.5) is 4.39 Å². The van der Waals surface area contributed by atoms with E-state index in [1.807, 2.05) is 0 Å². The Kier molecular flexibility index (Phi) is 8.03. The minimum Gasteiger partial charge on any atom is -0.480 e. The van der Waals surface area contributed by atoms with Crippen LogP contribution in [0, 0.1) is 11.7 Å². The zero-order chi connectivity index (χ0) is 25.8. The molecule has 0 radical (unpaired) electrons. The Morgan fingerprint density at radius 1 is 1.14 bits per heavy atom. The van der Waals surface area contributed by atoms with Crippen molar-refractivity contribution >= 4 is 11.9 Å². The lowest BCUT2D eigenvalue weighted by Gasteiger charge is -2.35. The standard InChI is InChI=1S/C29H35FN2O5/c30-21-8-12-26-20(17-21)7-11-27(37-26)28(33)32-25(29(34)35)13-14-36-23-15-18(16-23)5-9-22-10-6-19-3-1-2-4-24(19)31-22/h6,8,10,12,17-18,23,25,27H,1-5,7,9,11,13-16H2,(H,32,33)(H,34,35)/t18?,23?,25-,27?/m0/s1. The van der Waals surface area contributed by atoms with E-state index in [0.717, 1.165) is 38.5 Å². The first kappa shape index (κ1) is 25.6. The number of hydrogen-bond donors (Lipinski definition) is 2. The second kappa shape index (κ2) is 11.6. The van der Waals surface area contributed by atoms with Gasteiger partial charge in [-0.15, -0.1) is 0 Å². The number of rotatable bonds is 10. The van der Waals surface area contributed by atoms with Crippen molar-refractivity contribution in [1.82, 2.24) is 10.3 Å². The summed E-state index contributed by atoms with van der Waals surface area (Å²) in [5.41, 5.74) is 4.60. The summed E-state index contributed by atoms with van der Waals surface area (Å²) < 4.78 is 25.0. The molecule has 1 aromatic heterocycles. The number of aryl methyl sites for hydroxylation is 4. The average molecular weight is 511 g/mol. The van der Waals surface area contributed by atoms with Crippen molar-refractivity contribution in [1.29, 1.82) is 0 Å². The average Bonchev–Trinajstić information content (AvgIpc) is 2.88. The maximum Gasteiger partial charge on any atom is 0.326 e. The first-order valence-electron chi connectivity index (χ1n) is 13.5. The maximum absolute atomic E-state index is 13.4. The lowest BCUT2D eigenvalue weighted by atomic mass is 9.79. The summed E-state index contributed by atoms with van der Waals surface area (Å²) in [7, 11) is 0. The molecule has 1 aromatic carbocycles. The Hall–Kier alpha value is -3.00. The normalized spacial score (nSPS) is 23.1. The molecule has 1 fully saturated rings. The van der Waals surface area contributed by atoms with Gasteiger partial charge in [0.2, 0.25) is 0 Å². The van der Waals surface area contributed by atoms with Gasteiger partial charge in [0.1, 0.15) is 17.6 Å². The zero-order valence-corrected chi connectivity index (χ0v) is 21.1. The summed E-state index contributed by atoms with van der Waals surface area (Å²) in [6.07, 6.45) is 9.20. The second-order valence-corrected chi connectivity index (χ2v) is 10.6. The van der Waals surface area contributed by atoms with Crippen molar-refractivity contribution in [2.45, 2.75) is 88.9 Å². The van der Waals surface area contributed by atoms with E-state index in [2.05, 4.69) is 17.4 Å². The fraction of sp³-hybridized carbons (Fsp3) is 0.552. The highest BCUT2D eigenvalue weighted by Gasteiger charge is 2.32. The van der Waals surface area contributed by atoms with Crippen LogP contribution in [0.2, 0.25) is 0 Å². The number of carboxylic acid groups (broad SMARTS) is 1. The fourth-order valence-electron chi connectivity index (χ4n) is 5.58. The number of nitrogens with zero attached hydrogens (tertiary/aromatic N) is 1. The Balaban J connectivity index is 1.00. The largest absolute Gasteiger partial charge is 0.480 e. The van der Waals surface area contributed by atoms with Crippen LogP contribution in [0.5, 0.6) is 5.75 Å². The fourth-order valence-corrected chi connectivity index (χ4v) is 5.58. The van der Waals surface area contributed by atoms with Crippen molar-refractivity contribution in [2.24, 2.45) is 5.92 Å². The molecule has 1 unspecified atom stereocenters. The molecule has 198 valence electrons. The van der Waals surface area contributed by atoms with Gasteiger partial charge in [0.25, 0.3) is 5.91 Å². The Morgan fingerprint density at radius 3 is 2.81 bits per heavy atom. The van der Waals surface area contributed by atoms with Crippen LogP contribution in [0.3, 0.4) is 0 Å². The topological polar surface area (TPSA) is 97.8 Å². The number of carboxylic acids is 1. The molecule has 1 amide bonds. The minimum absolute atomic E-state index is 0.144. The summed E-state index contributed by atoms with van der Waals surface area (Å²) in [6.45, 7) is 0.272. The third-order valence-corrected chi connectivity index (χ3v) is 7.87. The van der Waals surface area contributed by atoms with Crippen molar-refractivity contribution in [3.63, 3.8) is 0 Å². The minimum atomic E-state index is -1.10. The summed E-state index contributed by atoms with van der Waals surface area (Å²) in [5, 5.41) is 12.2. The van der Waals surface area contributed by atoms with Gasteiger partial charge in [-0.25, -0.2) is 9.18 Å². The highest BCUT2D eigenvalue weighted by molar-refractivity contribution is 5.86. The molecule has 0 bridgehead atoms. The number of aliphatic carboxylic acids is 1. The molecule has 2 atom stereocenters. The van der Waals surface area contributed by atoms with Gasteiger partial charge in [0, 0.05) is 24.4 Å². The maximum atomic E-state index is 13.4. The number of carbonyl (C=O) groups excluding carboxylic acids is 1. The summed E-state index contributed by atoms with van der Waals surface area (Å²) >= 11 is 0. The quantitative estimate of drug-likeness (QED) is 0.498. The number of carbonyl (C=O) groups is 2. The van der Waals surface area contributed by atoms with E-state index in [0.29, 0.717) is 30.1 Å². The van der Waals surface area contributed by atoms with Crippen LogP contribution in [-0.4, -0.2) is 46.8 Å². The third kappa shape index (κ3) is 6.47. The molecule has 0 saturated heterocycles. The van der Waals surface area contributed by atoms with Gasteiger partial charge < -0.3 is 19.9 Å². The van der Waals surface area contributed by atoms with Crippen molar-refractivity contribution in [3.8, 4) is 5.75 Å². The van der Waals surface area contributed by atoms with Crippen LogP contribution >= 0.6 is 0 Å². The SMILES string of the molecule is O=C(N[C@@H](CCOC1CC(CCc2ccc3c(n2)CCCC3)C1)C(=O)O)C1CCc2cc(F)ccc2O1. The van der Waals surface area contributed by atoms with Gasteiger partial charge in [-0.2, -0.15) is 0 Å². The van der Waals surface area contributed by atoms with Gasteiger partial charge in [-0.05, 0) is 106 Å². The van der Waals surface area contributed by atoms with Gasteiger partial charge in [-0.3, -0.25) is 9.78 Å². The first-order valence-corrected chi connectivity index (χ1v) is 13.5. The number of nitrogens with one attached hydrogen (secondary N) is 1. The molecule has 2 aliphatic carbocycles. The molecule has 2 N–H and O–H groups in total. The number of amides is 1. The predicted molar refractivity (Wildman–Crippen MR) is 135 cm³/mol. The lowest BCUT2D eigenvalue weighted by Crippen LogP contribution is -2.48. The van der Waals surface area contributed by atoms with Crippen molar-refractivity contribution in [2.75, 3.05) is 6.61 Å². The van der Waals surface area contributed by atoms with Crippen LogP contribution < -0.4 is 10.1 Å². The second-order valence-electron chi connectivity index (χ2n) is 10.6. The smallest absolute Gasteiger partial charge is 0.326 e. The number of halogens is 1. The number of ether oxygens (including phenoxy) is 2. The zero-order valence-electron chi connectivity index (χ0n) is 21.1. The molecule has 2 aromatic rings.